The van der Waals surface area contributed by atoms with Gasteiger partial charge < -0.3 is 4.90 Å². The summed E-state index contributed by atoms with van der Waals surface area (Å²) in [4.78, 5) is 18.7. The molecule has 1 saturated heterocycles. The molecule has 0 unspecified atom stereocenters. The number of hydrogen-bond donors (Lipinski definition) is 0. The smallest absolute Gasteiger partial charge is 0.286 e. The van der Waals surface area contributed by atoms with E-state index in [4.69, 9.17) is 0 Å². The van der Waals surface area contributed by atoms with Gasteiger partial charge in [-0.05, 0) is 23.9 Å². The van der Waals surface area contributed by atoms with Crippen molar-refractivity contribution in [3.63, 3.8) is 0 Å². The molecule has 11 heteroatoms. The maximum atomic E-state index is 13.8. The van der Waals surface area contributed by atoms with E-state index in [0.717, 1.165) is 0 Å². The van der Waals surface area contributed by atoms with Gasteiger partial charge in [-0.25, -0.2) is 12.8 Å². The number of aliphatic imine (C=N–C) groups is 1. The highest BCUT2D eigenvalue weighted by Crippen LogP contribution is 2.31. The van der Waals surface area contributed by atoms with Gasteiger partial charge in [0, 0.05) is 45.0 Å². The number of nitrogens with zero attached hydrogens (tertiary/aromatic N) is 5. The quantitative estimate of drug-likeness (QED) is 0.680. The maximum absolute atomic E-state index is 13.8. The van der Waals surface area contributed by atoms with Gasteiger partial charge in [-0.15, -0.1) is 0 Å². The van der Waals surface area contributed by atoms with E-state index < -0.39 is 21.7 Å². The molecule has 0 N–H and O–H groups in total. The van der Waals surface area contributed by atoms with Crippen molar-refractivity contribution >= 4 is 38.9 Å². The van der Waals surface area contributed by atoms with E-state index in [1.807, 2.05) is 4.90 Å². The molecule has 29 heavy (non-hydrogen) atoms. The number of thioether (sulfide) groups is 1. The van der Waals surface area contributed by atoms with Crippen LogP contribution in [0, 0.1) is 5.82 Å². The molecule has 1 aromatic heterocycles. The molecule has 1 aromatic carbocycles. The Morgan fingerprint density at radius 1 is 1.17 bits per heavy atom. The third-order valence-corrected chi connectivity index (χ3v) is 7.53. The van der Waals surface area contributed by atoms with E-state index in [1.54, 1.807) is 25.2 Å². The first-order chi connectivity index (χ1) is 13.8. The Balaban J connectivity index is 1.42. The average molecular weight is 436 g/mol. The Morgan fingerprint density at radius 3 is 2.55 bits per heavy atom. The fourth-order valence-electron chi connectivity index (χ4n) is 3.07. The van der Waals surface area contributed by atoms with E-state index in [2.05, 4.69) is 10.1 Å². The second kappa shape index (κ2) is 7.73. The lowest BCUT2D eigenvalue weighted by atomic mass is 10.2. The Morgan fingerprint density at radius 2 is 1.90 bits per heavy atom. The van der Waals surface area contributed by atoms with Crippen molar-refractivity contribution in [2.24, 2.45) is 12.0 Å². The fourth-order valence-corrected chi connectivity index (χ4v) is 5.43. The number of halogens is 1. The van der Waals surface area contributed by atoms with Crippen LogP contribution in [0.3, 0.4) is 0 Å². The van der Waals surface area contributed by atoms with Gasteiger partial charge in [0.05, 0.1) is 11.1 Å². The van der Waals surface area contributed by atoms with Crippen LogP contribution in [0.4, 0.5) is 4.39 Å². The molecule has 0 radical (unpaired) electrons. The minimum absolute atomic E-state index is 0.159. The molecule has 0 atom stereocenters. The summed E-state index contributed by atoms with van der Waals surface area (Å²) in [6.45, 7) is 1.37. The lowest BCUT2D eigenvalue weighted by Gasteiger charge is -2.34. The Kier molecular flexibility index (Phi) is 5.28. The third-order valence-electron chi connectivity index (χ3n) is 4.63. The van der Waals surface area contributed by atoms with Crippen LogP contribution < -0.4 is 0 Å². The summed E-state index contributed by atoms with van der Waals surface area (Å²) in [6.07, 6.45) is 4.29. The largest absolute Gasteiger partial charge is 0.348 e. The van der Waals surface area contributed by atoms with Crippen molar-refractivity contribution in [3.05, 3.63) is 52.9 Å². The molecule has 4 rings (SSSR count). The Labute approximate surface area is 171 Å². The van der Waals surface area contributed by atoms with E-state index in [9.17, 15) is 17.6 Å². The number of carbonyl (C=O) groups excluding carboxylic acids is 1. The van der Waals surface area contributed by atoms with Crippen LogP contribution in [0.25, 0.3) is 6.08 Å². The number of hydrogen-bond acceptors (Lipinski definition) is 6. The lowest BCUT2D eigenvalue weighted by Crippen LogP contribution is -2.49. The van der Waals surface area contributed by atoms with E-state index >= 15 is 0 Å². The van der Waals surface area contributed by atoms with Gasteiger partial charge in [0.2, 0.25) is 10.0 Å². The molecule has 2 aromatic rings. The summed E-state index contributed by atoms with van der Waals surface area (Å²) >= 11 is 1.18. The summed E-state index contributed by atoms with van der Waals surface area (Å²) in [6, 6.07) is 6.21. The van der Waals surface area contributed by atoms with Gasteiger partial charge in [0.25, 0.3) is 5.91 Å². The van der Waals surface area contributed by atoms with Gasteiger partial charge in [0.1, 0.15) is 10.7 Å². The van der Waals surface area contributed by atoms with Gasteiger partial charge in [-0.1, -0.05) is 18.2 Å². The van der Waals surface area contributed by atoms with Gasteiger partial charge in [0.15, 0.2) is 5.17 Å². The Bertz CT molecular complexity index is 1120. The summed E-state index contributed by atoms with van der Waals surface area (Å²) in [7, 11) is -1.94. The first kappa shape index (κ1) is 19.8. The normalized spacial score (nSPS) is 19.8. The molecule has 152 valence electrons. The number of amides is 1. The number of piperazine rings is 1. The molecule has 2 aliphatic rings. The summed E-state index contributed by atoms with van der Waals surface area (Å²) < 4.78 is 42.1. The highest BCUT2D eigenvalue weighted by molar-refractivity contribution is 8.18. The molecule has 0 saturated carbocycles. The van der Waals surface area contributed by atoms with Crippen molar-refractivity contribution in [1.82, 2.24) is 19.0 Å². The molecule has 0 aliphatic carbocycles. The van der Waals surface area contributed by atoms with Crippen LogP contribution in [0.5, 0.6) is 0 Å². The number of aromatic nitrogens is 2. The Hall–Kier alpha value is -2.50. The predicted octanol–water partition coefficient (Wildman–Crippen LogP) is 1.54. The van der Waals surface area contributed by atoms with Crippen molar-refractivity contribution in [1.29, 1.82) is 0 Å². The van der Waals surface area contributed by atoms with Gasteiger partial charge >= 0.3 is 0 Å². The molecule has 0 bridgehead atoms. The average Bonchev–Trinajstić information content (AvgIpc) is 3.30. The van der Waals surface area contributed by atoms with Crippen molar-refractivity contribution in [3.8, 4) is 0 Å². The lowest BCUT2D eigenvalue weighted by molar-refractivity contribution is -0.113. The van der Waals surface area contributed by atoms with Crippen molar-refractivity contribution in [2.45, 2.75) is 4.90 Å². The minimum Gasteiger partial charge on any atom is -0.348 e. The van der Waals surface area contributed by atoms with Crippen LogP contribution in [0.15, 0.2) is 51.5 Å². The van der Waals surface area contributed by atoms with Crippen LogP contribution in [-0.4, -0.2) is 64.7 Å². The van der Waals surface area contributed by atoms with Gasteiger partial charge in [-0.2, -0.15) is 14.4 Å². The monoisotopic (exact) mass is 435 g/mol. The van der Waals surface area contributed by atoms with Crippen molar-refractivity contribution in [2.75, 3.05) is 26.2 Å². The fraction of sp³-hybridized carbons (Fsp3) is 0.278. The zero-order chi connectivity index (χ0) is 20.6. The van der Waals surface area contributed by atoms with Gasteiger partial charge in [-0.3, -0.25) is 9.48 Å². The molecule has 2 aliphatic heterocycles. The first-order valence-corrected chi connectivity index (χ1v) is 11.1. The molecule has 1 fully saturated rings. The van der Waals surface area contributed by atoms with E-state index in [1.165, 1.54) is 45.3 Å². The van der Waals surface area contributed by atoms with Crippen LogP contribution in [0.2, 0.25) is 0 Å². The summed E-state index contributed by atoms with van der Waals surface area (Å²) in [5.74, 6) is -0.824. The molecule has 3 heterocycles. The highest BCUT2D eigenvalue weighted by atomic mass is 32.2. The summed E-state index contributed by atoms with van der Waals surface area (Å²) in [5.41, 5.74) is 0.326. The zero-order valence-corrected chi connectivity index (χ0v) is 17.2. The number of aryl methyl sites for hydroxylation is 1. The molecule has 8 nitrogen and oxygen atoms in total. The third kappa shape index (κ3) is 3.98. The summed E-state index contributed by atoms with van der Waals surface area (Å²) in [5, 5.41) is 4.43. The van der Waals surface area contributed by atoms with E-state index in [0.29, 0.717) is 28.7 Å². The standard InChI is InChI=1S/C18H18FN5O3S2/c1-22-12-14(11-20-22)29(26,27)24-8-6-23(7-9-24)18-21-17(25)16(28-18)10-13-4-2-3-5-15(13)19/h2-5,10-12H,6-9H2,1H3/b16-10-. The van der Waals surface area contributed by atoms with E-state index in [-0.39, 0.29) is 18.0 Å². The number of amidine groups is 1. The minimum atomic E-state index is -3.60. The highest BCUT2D eigenvalue weighted by Gasteiger charge is 2.33. The molecular formula is C18H18FN5O3S2. The maximum Gasteiger partial charge on any atom is 0.286 e. The van der Waals surface area contributed by atoms with Crippen molar-refractivity contribution < 1.29 is 17.6 Å². The molecule has 0 spiro atoms. The van der Waals surface area contributed by atoms with Crippen LogP contribution in [-0.2, 0) is 21.9 Å². The number of carbonyl (C=O) groups is 1. The molecule has 1 amide bonds. The number of rotatable bonds is 3. The number of benzene rings is 1. The molecular weight excluding hydrogens is 417 g/mol. The second-order valence-corrected chi connectivity index (χ2v) is 9.52. The predicted molar refractivity (Wildman–Crippen MR) is 108 cm³/mol. The topological polar surface area (TPSA) is 87.9 Å². The SMILES string of the molecule is Cn1cc(S(=O)(=O)N2CCN(C3=NC(=O)/C(=C/c4ccccc4F)S3)CC2)cn1. The first-order valence-electron chi connectivity index (χ1n) is 8.85. The zero-order valence-electron chi connectivity index (χ0n) is 15.5. The van der Waals surface area contributed by atoms with Crippen LogP contribution in [0.1, 0.15) is 5.56 Å². The van der Waals surface area contributed by atoms with Crippen LogP contribution >= 0.6 is 11.8 Å². The number of sulfonamides is 1. The second-order valence-electron chi connectivity index (χ2n) is 6.57.